The summed E-state index contributed by atoms with van der Waals surface area (Å²) >= 11 is 0. The Kier molecular flexibility index (Phi) is 5.30. The van der Waals surface area contributed by atoms with E-state index in [1.54, 1.807) is 0 Å². The molecule has 1 heterocycles. The van der Waals surface area contributed by atoms with E-state index in [1.165, 1.54) is 0 Å². The molecule has 1 atom stereocenters. The van der Waals surface area contributed by atoms with Crippen LogP contribution in [0.2, 0.25) is 0 Å². The van der Waals surface area contributed by atoms with Crippen molar-refractivity contribution < 1.29 is 19.4 Å². The number of carboxylic acids is 1. The lowest BCUT2D eigenvalue weighted by molar-refractivity contribution is -0.141. The predicted octanol–water partition coefficient (Wildman–Crippen LogP) is 1.11. The standard InChI is InChI=1S/C15H20N2O4/c1-11-2-4-12(5-3-11)16-14(18)9-17-6-7-21-10-13(17)8-15(19)20/h2-5,13H,6-10H2,1H3,(H,16,18)(H,19,20). The molecule has 0 aliphatic carbocycles. The van der Waals surface area contributed by atoms with Crippen molar-refractivity contribution in [3.05, 3.63) is 29.8 Å². The van der Waals surface area contributed by atoms with Crippen molar-refractivity contribution in [2.45, 2.75) is 19.4 Å². The highest BCUT2D eigenvalue weighted by molar-refractivity contribution is 5.92. The zero-order valence-electron chi connectivity index (χ0n) is 12.0. The minimum atomic E-state index is -0.880. The first-order valence-electron chi connectivity index (χ1n) is 6.94. The second-order valence-corrected chi connectivity index (χ2v) is 5.21. The van der Waals surface area contributed by atoms with Gasteiger partial charge >= 0.3 is 5.97 Å². The van der Waals surface area contributed by atoms with Crippen molar-refractivity contribution >= 4 is 17.6 Å². The first-order chi connectivity index (χ1) is 10.0. The van der Waals surface area contributed by atoms with Crippen molar-refractivity contribution in [1.29, 1.82) is 0 Å². The fraction of sp³-hybridized carbons (Fsp3) is 0.467. The van der Waals surface area contributed by atoms with Crippen LogP contribution in [0.15, 0.2) is 24.3 Å². The van der Waals surface area contributed by atoms with Gasteiger partial charge in [0.15, 0.2) is 0 Å². The molecule has 0 radical (unpaired) electrons. The van der Waals surface area contributed by atoms with Crippen molar-refractivity contribution in [1.82, 2.24) is 4.90 Å². The largest absolute Gasteiger partial charge is 0.481 e. The molecule has 0 bridgehead atoms. The van der Waals surface area contributed by atoms with Crippen molar-refractivity contribution in [3.8, 4) is 0 Å². The van der Waals surface area contributed by atoms with Gasteiger partial charge in [0.2, 0.25) is 5.91 Å². The van der Waals surface area contributed by atoms with Gasteiger partial charge in [-0.2, -0.15) is 0 Å². The lowest BCUT2D eigenvalue weighted by Gasteiger charge is -2.34. The van der Waals surface area contributed by atoms with Gasteiger partial charge < -0.3 is 15.2 Å². The molecule has 6 heteroatoms. The molecule has 1 saturated heterocycles. The van der Waals surface area contributed by atoms with E-state index >= 15 is 0 Å². The molecule has 1 fully saturated rings. The van der Waals surface area contributed by atoms with Gasteiger partial charge in [0.1, 0.15) is 0 Å². The zero-order chi connectivity index (χ0) is 15.2. The number of carbonyl (C=O) groups excluding carboxylic acids is 1. The number of rotatable bonds is 5. The molecule has 1 unspecified atom stereocenters. The lowest BCUT2D eigenvalue weighted by Crippen LogP contribution is -2.49. The highest BCUT2D eigenvalue weighted by atomic mass is 16.5. The number of aliphatic carboxylic acids is 1. The number of carboxylic acid groups (broad SMARTS) is 1. The Morgan fingerprint density at radius 2 is 2.10 bits per heavy atom. The van der Waals surface area contributed by atoms with Crippen LogP contribution in [-0.2, 0) is 14.3 Å². The van der Waals surface area contributed by atoms with E-state index in [2.05, 4.69) is 5.32 Å². The molecule has 21 heavy (non-hydrogen) atoms. The summed E-state index contributed by atoms with van der Waals surface area (Å²) in [6.45, 7) is 3.60. The quantitative estimate of drug-likeness (QED) is 0.850. The molecule has 0 spiro atoms. The second kappa shape index (κ2) is 7.19. The molecule has 1 aromatic rings. The molecule has 0 saturated carbocycles. The van der Waals surface area contributed by atoms with Crippen LogP contribution in [0.4, 0.5) is 5.69 Å². The average Bonchev–Trinajstić information content (AvgIpc) is 2.43. The van der Waals surface area contributed by atoms with Gasteiger partial charge in [-0.05, 0) is 19.1 Å². The van der Waals surface area contributed by atoms with Gasteiger partial charge in [0.25, 0.3) is 0 Å². The van der Waals surface area contributed by atoms with Crippen LogP contribution < -0.4 is 5.32 Å². The number of carbonyl (C=O) groups is 2. The normalized spacial score (nSPS) is 19.2. The molecular weight excluding hydrogens is 272 g/mol. The topological polar surface area (TPSA) is 78.9 Å². The van der Waals surface area contributed by atoms with Crippen LogP contribution in [-0.4, -0.2) is 54.2 Å². The summed E-state index contributed by atoms with van der Waals surface area (Å²) in [5, 5.41) is 11.7. The van der Waals surface area contributed by atoms with Crippen LogP contribution in [0.25, 0.3) is 0 Å². The molecule has 2 rings (SSSR count). The summed E-state index contributed by atoms with van der Waals surface area (Å²) in [6.07, 6.45) is -0.0161. The van der Waals surface area contributed by atoms with Crippen LogP contribution in [0.1, 0.15) is 12.0 Å². The minimum Gasteiger partial charge on any atom is -0.481 e. The molecule has 1 amide bonds. The monoisotopic (exact) mass is 292 g/mol. The highest BCUT2D eigenvalue weighted by Crippen LogP contribution is 2.12. The van der Waals surface area contributed by atoms with Crippen LogP contribution in [0.3, 0.4) is 0 Å². The fourth-order valence-electron chi connectivity index (χ4n) is 2.31. The number of nitrogens with zero attached hydrogens (tertiary/aromatic N) is 1. The Bertz CT molecular complexity index is 501. The summed E-state index contributed by atoms with van der Waals surface area (Å²) in [6, 6.07) is 7.30. The SMILES string of the molecule is Cc1ccc(NC(=O)CN2CCOCC2CC(=O)O)cc1. The number of nitrogens with one attached hydrogen (secondary N) is 1. The lowest BCUT2D eigenvalue weighted by atomic mass is 10.1. The van der Waals surface area contributed by atoms with E-state index in [1.807, 2.05) is 36.1 Å². The van der Waals surface area contributed by atoms with Crippen LogP contribution in [0, 0.1) is 6.92 Å². The number of anilines is 1. The van der Waals surface area contributed by atoms with Crippen LogP contribution in [0.5, 0.6) is 0 Å². The van der Waals surface area contributed by atoms with E-state index in [9.17, 15) is 9.59 Å². The third kappa shape index (κ3) is 4.84. The smallest absolute Gasteiger partial charge is 0.305 e. The molecule has 2 N–H and O–H groups in total. The van der Waals surface area contributed by atoms with E-state index in [4.69, 9.17) is 9.84 Å². The minimum absolute atomic E-state index is 0.0161. The van der Waals surface area contributed by atoms with E-state index in [-0.39, 0.29) is 24.9 Å². The molecule has 6 nitrogen and oxygen atoms in total. The molecule has 1 aliphatic heterocycles. The number of benzene rings is 1. The Morgan fingerprint density at radius 1 is 1.38 bits per heavy atom. The molecule has 1 aromatic carbocycles. The third-order valence-electron chi connectivity index (χ3n) is 3.44. The number of ether oxygens (including phenoxy) is 1. The highest BCUT2D eigenvalue weighted by Gasteiger charge is 2.26. The fourth-order valence-corrected chi connectivity index (χ4v) is 2.31. The molecular formula is C15H20N2O4. The van der Waals surface area contributed by atoms with Crippen molar-refractivity contribution in [2.75, 3.05) is 31.6 Å². The number of morpholine rings is 1. The zero-order valence-corrected chi connectivity index (χ0v) is 12.0. The van der Waals surface area contributed by atoms with Gasteiger partial charge in [-0.3, -0.25) is 14.5 Å². The Balaban J connectivity index is 1.90. The summed E-state index contributed by atoms with van der Waals surface area (Å²) in [5.74, 6) is -1.02. The summed E-state index contributed by atoms with van der Waals surface area (Å²) in [7, 11) is 0. The van der Waals surface area contributed by atoms with Gasteiger partial charge in [-0.25, -0.2) is 0 Å². The third-order valence-corrected chi connectivity index (χ3v) is 3.44. The van der Waals surface area contributed by atoms with Gasteiger partial charge in [0, 0.05) is 18.3 Å². The number of hydrogen-bond acceptors (Lipinski definition) is 4. The maximum Gasteiger partial charge on any atom is 0.305 e. The van der Waals surface area contributed by atoms with Crippen molar-refractivity contribution in [3.63, 3.8) is 0 Å². The molecule has 0 aromatic heterocycles. The Morgan fingerprint density at radius 3 is 2.76 bits per heavy atom. The summed E-state index contributed by atoms with van der Waals surface area (Å²) in [4.78, 5) is 24.8. The van der Waals surface area contributed by atoms with Gasteiger partial charge in [-0.1, -0.05) is 17.7 Å². The van der Waals surface area contributed by atoms with Gasteiger partial charge in [-0.15, -0.1) is 0 Å². The number of hydrogen-bond donors (Lipinski definition) is 2. The summed E-state index contributed by atoms with van der Waals surface area (Å²) < 4.78 is 5.29. The molecule has 114 valence electrons. The van der Waals surface area contributed by atoms with Gasteiger partial charge in [0.05, 0.1) is 26.2 Å². The Labute approximate surface area is 123 Å². The number of aryl methyl sites for hydroxylation is 1. The Hall–Kier alpha value is -1.92. The maximum atomic E-state index is 12.1. The average molecular weight is 292 g/mol. The first-order valence-corrected chi connectivity index (χ1v) is 6.94. The van der Waals surface area contributed by atoms with E-state index in [0.29, 0.717) is 19.8 Å². The first kappa shape index (κ1) is 15.5. The summed E-state index contributed by atoms with van der Waals surface area (Å²) in [5.41, 5.74) is 1.87. The van der Waals surface area contributed by atoms with Crippen LogP contribution >= 0.6 is 0 Å². The van der Waals surface area contributed by atoms with E-state index in [0.717, 1.165) is 11.3 Å². The second-order valence-electron chi connectivity index (χ2n) is 5.21. The van der Waals surface area contributed by atoms with Crippen molar-refractivity contribution in [2.24, 2.45) is 0 Å². The van der Waals surface area contributed by atoms with E-state index < -0.39 is 5.97 Å². The number of amides is 1. The predicted molar refractivity (Wildman–Crippen MR) is 78.2 cm³/mol. The maximum absolute atomic E-state index is 12.1. The molecule has 1 aliphatic rings.